The summed E-state index contributed by atoms with van der Waals surface area (Å²) in [7, 11) is -4.15. The summed E-state index contributed by atoms with van der Waals surface area (Å²) in [6.07, 6.45) is -0.344. The molecule has 0 fully saturated rings. The van der Waals surface area contributed by atoms with Gasteiger partial charge < -0.3 is 10.2 Å². The smallest absolute Gasteiger partial charge is 0.307 e. The van der Waals surface area contributed by atoms with Crippen LogP contribution in [0.1, 0.15) is 28.8 Å². The van der Waals surface area contributed by atoms with E-state index in [1.807, 2.05) is 0 Å². The number of nitrogens with zero attached hydrogens (tertiary/aromatic N) is 2. The van der Waals surface area contributed by atoms with Crippen molar-refractivity contribution in [1.29, 1.82) is 0 Å². The van der Waals surface area contributed by atoms with Gasteiger partial charge in [0.2, 0.25) is 0 Å². The van der Waals surface area contributed by atoms with Crippen molar-refractivity contribution in [2.24, 2.45) is 10.2 Å². The molecule has 0 bridgehead atoms. The van der Waals surface area contributed by atoms with Crippen molar-refractivity contribution in [3.05, 3.63) is 53.6 Å². The van der Waals surface area contributed by atoms with Crippen molar-refractivity contribution in [1.82, 2.24) is 0 Å². The van der Waals surface area contributed by atoms with Gasteiger partial charge in [-0.2, -0.15) is 18.6 Å². The molecule has 0 radical (unpaired) electrons. The highest BCUT2D eigenvalue weighted by molar-refractivity contribution is 7.85. The predicted molar refractivity (Wildman–Crippen MR) is 100 cm³/mol. The third kappa shape index (κ3) is 6.89. The van der Waals surface area contributed by atoms with Crippen LogP contribution in [0.25, 0.3) is 0 Å². The van der Waals surface area contributed by atoms with Crippen LogP contribution in [0.5, 0.6) is 5.75 Å². The minimum absolute atomic E-state index is 0.0245. The van der Waals surface area contributed by atoms with Gasteiger partial charge in [-0.05, 0) is 42.3 Å². The number of benzene rings is 2. The van der Waals surface area contributed by atoms with Crippen LogP contribution in [-0.4, -0.2) is 40.7 Å². The van der Waals surface area contributed by atoms with Gasteiger partial charge in [0.15, 0.2) is 5.78 Å². The van der Waals surface area contributed by atoms with E-state index >= 15 is 0 Å². The molecule has 0 atom stereocenters. The SMILES string of the molecule is O=C(O)Cc1ccc(N=Nc2ccc(O)c(C(=O)CCCS(=O)(=O)O)c2)cc1. The van der Waals surface area contributed by atoms with Crippen LogP contribution in [-0.2, 0) is 21.3 Å². The summed E-state index contributed by atoms with van der Waals surface area (Å²) in [5.41, 5.74) is 1.37. The minimum Gasteiger partial charge on any atom is -0.507 e. The van der Waals surface area contributed by atoms with Gasteiger partial charge >= 0.3 is 5.97 Å². The third-order valence-corrected chi connectivity index (χ3v) is 4.46. The summed E-state index contributed by atoms with van der Waals surface area (Å²) in [4.78, 5) is 22.8. The largest absolute Gasteiger partial charge is 0.507 e. The molecular formula is C18H18N2O7S. The number of Topliss-reactive ketones (excluding diaryl/α,β-unsaturated/α-hetero) is 1. The number of carbonyl (C=O) groups excluding carboxylic acids is 1. The topological polar surface area (TPSA) is 154 Å². The molecule has 0 spiro atoms. The van der Waals surface area contributed by atoms with Gasteiger partial charge in [-0.3, -0.25) is 14.1 Å². The Morgan fingerprint density at radius 2 is 1.57 bits per heavy atom. The highest BCUT2D eigenvalue weighted by atomic mass is 32.2. The van der Waals surface area contributed by atoms with Crippen molar-refractivity contribution in [2.45, 2.75) is 19.3 Å². The van der Waals surface area contributed by atoms with Crippen LogP contribution < -0.4 is 0 Å². The molecule has 0 aliphatic carbocycles. The Morgan fingerprint density at radius 3 is 2.18 bits per heavy atom. The molecule has 0 aliphatic heterocycles. The first-order chi connectivity index (χ1) is 13.1. The molecule has 2 aromatic rings. The van der Waals surface area contributed by atoms with Gasteiger partial charge in [-0.15, -0.1) is 0 Å². The molecule has 3 N–H and O–H groups in total. The number of hydrogen-bond donors (Lipinski definition) is 3. The predicted octanol–water partition coefficient (Wildman–Crippen LogP) is 3.29. The summed E-state index contributed by atoms with van der Waals surface area (Å²) in [6.45, 7) is 0. The Labute approximate surface area is 161 Å². The quantitative estimate of drug-likeness (QED) is 0.328. The molecule has 0 aromatic heterocycles. The number of carbonyl (C=O) groups is 2. The summed E-state index contributed by atoms with van der Waals surface area (Å²) < 4.78 is 30.1. The molecule has 0 saturated heterocycles. The monoisotopic (exact) mass is 406 g/mol. The zero-order valence-electron chi connectivity index (χ0n) is 14.6. The van der Waals surface area contributed by atoms with Gasteiger partial charge in [0.1, 0.15) is 5.75 Å². The van der Waals surface area contributed by atoms with Crippen LogP contribution in [0.15, 0.2) is 52.7 Å². The van der Waals surface area contributed by atoms with Gasteiger partial charge in [0.05, 0.1) is 29.1 Å². The first kappa shape index (κ1) is 21.2. The maximum absolute atomic E-state index is 12.1. The van der Waals surface area contributed by atoms with Gasteiger partial charge in [0.25, 0.3) is 10.1 Å². The van der Waals surface area contributed by atoms with Gasteiger partial charge in [-0.1, -0.05) is 12.1 Å². The Morgan fingerprint density at radius 1 is 0.964 bits per heavy atom. The third-order valence-electron chi connectivity index (χ3n) is 3.66. The lowest BCUT2D eigenvalue weighted by molar-refractivity contribution is -0.136. The van der Waals surface area contributed by atoms with Crippen molar-refractivity contribution >= 4 is 33.2 Å². The van der Waals surface area contributed by atoms with E-state index in [1.165, 1.54) is 18.2 Å². The number of carboxylic acids is 1. The molecule has 148 valence electrons. The standard InChI is InChI=1S/C18H18N2O7S/c21-16(2-1-9-28(25,26)27)15-11-14(7-8-17(15)22)20-19-13-5-3-12(4-6-13)10-18(23)24/h3-8,11,22H,1-2,9-10H2,(H,23,24)(H,25,26,27). The lowest BCUT2D eigenvalue weighted by Gasteiger charge is -2.04. The fourth-order valence-electron chi connectivity index (χ4n) is 2.33. The first-order valence-corrected chi connectivity index (χ1v) is 9.79. The Kier molecular flexibility index (Phi) is 6.96. The second-order valence-corrected chi connectivity index (χ2v) is 7.52. The van der Waals surface area contributed by atoms with E-state index in [2.05, 4.69) is 10.2 Å². The number of hydrogen-bond acceptors (Lipinski definition) is 7. The molecular weight excluding hydrogens is 388 g/mol. The molecule has 0 heterocycles. The molecule has 28 heavy (non-hydrogen) atoms. The van der Waals surface area contributed by atoms with Crippen molar-refractivity contribution < 1.29 is 32.8 Å². The maximum atomic E-state index is 12.1. The number of phenols is 1. The lowest BCUT2D eigenvalue weighted by Crippen LogP contribution is -2.07. The van der Waals surface area contributed by atoms with Crippen LogP contribution in [0.4, 0.5) is 11.4 Å². The van der Waals surface area contributed by atoms with Gasteiger partial charge in [-0.25, -0.2) is 0 Å². The van der Waals surface area contributed by atoms with E-state index in [1.54, 1.807) is 24.3 Å². The number of phenolic OH excluding ortho intramolecular Hbond substituents is 1. The summed E-state index contributed by atoms with van der Waals surface area (Å²) >= 11 is 0. The molecule has 0 amide bonds. The fourth-order valence-corrected chi connectivity index (χ4v) is 2.84. The van der Waals surface area contributed by atoms with E-state index < -0.39 is 27.6 Å². The van der Waals surface area contributed by atoms with Crippen LogP contribution in [0, 0.1) is 0 Å². The minimum atomic E-state index is -4.15. The average Bonchev–Trinajstić information content (AvgIpc) is 2.60. The van der Waals surface area contributed by atoms with Gasteiger partial charge in [0, 0.05) is 6.42 Å². The highest BCUT2D eigenvalue weighted by Crippen LogP contribution is 2.26. The zero-order chi connectivity index (χ0) is 20.7. The number of azo groups is 1. The number of ketones is 1. The molecule has 0 aliphatic rings. The second kappa shape index (κ2) is 9.20. The summed E-state index contributed by atoms with van der Waals surface area (Å²) in [6, 6.07) is 10.5. The molecule has 10 heteroatoms. The van der Waals surface area contributed by atoms with Crippen molar-refractivity contribution in [3.8, 4) is 5.75 Å². The van der Waals surface area contributed by atoms with Crippen LogP contribution in [0.3, 0.4) is 0 Å². The Bertz CT molecular complexity index is 999. The van der Waals surface area contributed by atoms with E-state index in [4.69, 9.17) is 9.66 Å². The molecule has 2 aromatic carbocycles. The average molecular weight is 406 g/mol. The molecule has 2 rings (SSSR count). The maximum Gasteiger partial charge on any atom is 0.307 e. The number of aliphatic carboxylic acids is 1. The van der Waals surface area contributed by atoms with E-state index in [0.717, 1.165) is 0 Å². The number of aromatic hydroxyl groups is 1. The highest BCUT2D eigenvalue weighted by Gasteiger charge is 2.14. The molecule has 0 saturated carbocycles. The lowest BCUT2D eigenvalue weighted by atomic mass is 10.1. The van der Waals surface area contributed by atoms with E-state index in [-0.39, 0.29) is 30.6 Å². The molecule has 0 unspecified atom stereocenters. The van der Waals surface area contributed by atoms with Crippen LogP contribution in [0.2, 0.25) is 0 Å². The first-order valence-electron chi connectivity index (χ1n) is 8.18. The second-order valence-electron chi connectivity index (χ2n) is 5.95. The summed E-state index contributed by atoms with van der Waals surface area (Å²) in [5, 5.41) is 26.6. The number of rotatable bonds is 9. The fraction of sp³-hybridized carbons (Fsp3) is 0.222. The van der Waals surface area contributed by atoms with E-state index in [0.29, 0.717) is 16.9 Å². The molecule has 9 nitrogen and oxygen atoms in total. The van der Waals surface area contributed by atoms with Crippen LogP contribution >= 0.6 is 0 Å². The Balaban J connectivity index is 2.08. The number of carboxylic acid groups (broad SMARTS) is 1. The van der Waals surface area contributed by atoms with Crippen molar-refractivity contribution in [2.75, 3.05) is 5.75 Å². The van der Waals surface area contributed by atoms with E-state index in [9.17, 15) is 23.1 Å². The van der Waals surface area contributed by atoms with Crippen molar-refractivity contribution in [3.63, 3.8) is 0 Å². The summed E-state index contributed by atoms with van der Waals surface area (Å²) in [5.74, 6) is -2.24. The normalized spacial score (nSPS) is 11.6. The Hall–Kier alpha value is -3.11. The zero-order valence-corrected chi connectivity index (χ0v) is 15.5.